The van der Waals surface area contributed by atoms with E-state index in [2.05, 4.69) is 15.6 Å². The molecule has 1 amide bonds. The van der Waals surface area contributed by atoms with Gasteiger partial charge in [-0.25, -0.2) is 4.68 Å². The van der Waals surface area contributed by atoms with Gasteiger partial charge >= 0.3 is 5.97 Å². The van der Waals surface area contributed by atoms with Gasteiger partial charge in [-0.15, -0.1) is 5.10 Å². The third kappa shape index (κ3) is 5.86. The molecule has 2 aliphatic rings. The van der Waals surface area contributed by atoms with Gasteiger partial charge in [0.1, 0.15) is 5.52 Å². The number of aryl methyl sites for hydroxylation is 2. The number of hydrogen-bond donors (Lipinski definition) is 2. The molecule has 208 valence electrons. The van der Waals surface area contributed by atoms with Gasteiger partial charge in [0.25, 0.3) is 0 Å². The highest BCUT2D eigenvalue weighted by molar-refractivity contribution is 5.80. The van der Waals surface area contributed by atoms with Crippen LogP contribution in [0.4, 0.5) is 0 Å². The highest BCUT2D eigenvalue weighted by atomic mass is 16.5. The minimum Gasteiger partial charge on any atom is -0.466 e. The third-order valence-electron chi connectivity index (χ3n) is 8.71. The number of nitrogens with one attached hydrogen (secondary N) is 1. The fraction of sp³-hybridized carbons (Fsp3) is 0.548. The van der Waals surface area contributed by atoms with Crippen LogP contribution < -0.4 is 5.32 Å². The van der Waals surface area contributed by atoms with E-state index in [9.17, 15) is 14.7 Å². The second-order valence-corrected chi connectivity index (χ2v) is 11.3. The Balaban J connectivity index is 1.35. The van der Waals surface area contributed by atoms with Crippen molar-refractivity contribution < 1.29 is 19.4 Å². The van der Waals surface area contributed by atoms with Crippen molar-refractivity contribution in [2.45, 2.75) is 77.2 Å². The van der Waals surface area contributed by atoms with Crippen LogP contribution in [0.3, 0.4) is 0 Å². The number of ether oxygens (including phenoxy) is 1. The number of carbonyl (C=O) groups is 2. The molecule has 0 aliphatic heterocycles. The maximum absolute atomic E-state index is 12.7. The van der Waals surface area contributed by atoms with Crippen molar-refractivity contribution in [1.29, 1.82) is 0 Å². The van der Waals surface area contributed by atoms with E-state index in [4.69, 9.17) is 4.74 Å². The Morgan fingerprint density at radius 3 is 2.74 bits per heavy atom. The molecule has 3 aromatic rings. The molecule has 39 heavy (non-hydrogen) atoms. The van der Waals surface area contributed by atoms with Crippen molar-refractivity contribution in [2.24, 2.45) is 18.9 Å². The largest absolute Gasteiger partial charge is 0.466 e. The minimum atomic E-state index is -0.716. The van der Waals surface area contributed by atoms with E-state index in [0.717, 1.165) is 45.4 Å². The lowest BCUT2D eigenvalue weighted by Crippen LogP contribution is -2.32. The van der Waals surface area contributed by atoms with Crippen LogP contribution >= 0.6 is 0 Å². The molecule has 1 fully saturated rings. The first kappa shape index (κ1) is 27.3. The Labute approximate surface area is 230 Å². The van der Waals surface area contributed by atoms with Gasteiger partial charge in [0.2, 0.25) is 5.91 Å². The summed E-state index contributed by atoms with van der Waals surface area (Å²) in [7, 11) is 1.86. The van der Waals surface area contributed by atoms with Crippen molar-refractivity contribution >= 4 is 22.9 Å². The van der Waals surface area contributed by atoms with Crippen LogP contribution in [0.2, 0.25) is 0 Å². The number of rotatable bonds is 9. The van der Waals surface area contributed by atoms with Gasteiger partial charge in [-0.2, -0.15) is 0 Å². The summed E-state index contributed by atoms with van der Waals surface area (Å²) >= 11 is 0. The molecular formula is C31H40N4O4. The number of aliphatic hydroxyl groups excluding tert-OH is 1. The van der Waals surface area contributed by atoms with Crippen molar-refractivity contribution in [3.63, 3.8) is 0 Å². The predicted molar refractivity (Wildman–Crippen MR) is 149 cm³/mol. The summed E-state index contributed by atoms with van der Waals surface area (Å²) < 4.78 is 7.06. The van der Waals surface area contributed by atoms with E-state index < -0.39 is 6.10 Å². The van der Waals surface area contributed by atoms with Crippen LogP contribution in [0.15, 0.2) is 30.3 Å². The Hall–Kier alpha value is -3.26. The normalized spacial score (nSPS) is 20.1. The second-order valence-electron chi connectivity index (χ2n) is 11.3. The topological polar surface area (TPSA) is 106 Å². The average Bonchev–Trinajstić information content (AvgIpc) is 3.46. The lowest BCUT2D eigenvalue weighted by molar-refractivity contribution is -0.143. The summed E-state index contributed by atoms with van der Waals surface area (Å²) in [6, 6.07) is 10.1. The number of nitrogens with zero attached hydrogens (tertiary/aromatic N) is 3. The van der Waals surface area contributed by atoms with Crippen molar-refractivity contribution in [1.82, 2.24) is 20.3 Å². The molecule has 8 heteroatoms. The molecule has 3 atom stereocenters. The standard InChI is InChI=1S/C31H40N4O4/c1-4-39-29(37)17-25(24-12-13-27-30(19(24)2)33-34-35(27)3)22-11-10-21-14-23(31(38)26(21)15-22)16-28(36)32-18-20-8-6-5-7-9-20/h10-13,15,20,23,25,31,38H,4-9,14,16-18H2,1-3H3,(H,32,36). The van der Waals surface area contributed by atoms with E-state index in [1.807, 2.05) is 44.3 Å². The molecule has 1 heterocycles. The summed E-state index contributed by atoms with van der Waals surface area (Å²) in [6.07, 6.45) is 6.63. The number of hydrogen-bond acceptors (Lipinski definition) is 6. The smallest absolute Gasteiger partial charge is 0.306 e. The van der Waals surface area contributed by atoms with Crippen LogP contribution in [0.1, 0.15) is 91.7 Å². The van der Waals surface area contributed by atoms with Gasteiger partial charge in [0.05, 0.1) is 24.6 Å². The van der Waals surface area contributed by atoms with E-state index in [-0.39, 0.29) is 30.1 Å². The summed E-state index contributed by atoms with van der Waals surface area (Å²) in [5.74, 6) is -0.0779. The third-order valence-corrected chi connectivity index (χ3v) is 8.71. The lowest BCUT2D eigenvalue weighted by atomic mass is 9.84. The number of amides is 1. The van der Waals surface area contributed by atoms with Gasteiger partial charge < -0.3 is 15.2 Å². The molecule has 0 radical (unpaired) electrons. The summed E-state index contributed by atoms with van der Waals surface area (Å²) in [4.78, 5) is 25.4. The molecule has 1 aromatic heterocycles. The second kappa shape index (κ2) is 11.9. The van der Waals surface area contributed by atoms with Crippen LogP contribution in [-0.2, 0) is 27.8 Å². The number of aliphatic hydroxyl groups is 1. The zero-order valence-corrected chi connectivity index (χ0v) is 23.3. The maximum Gasteiger partial charge on any atom is 0.306 e. The van der Waals surface area contributed by atoms with Gasteiger partial charge in [-0.1, -0.05) is 48.7 Å². The Bertz CT molecular complexity index is 1340. The first-order valence-electron chi connectivity index (χ1n) is 14.4. The maximum atomic E-state index is 12.7. The molecule has 1 saturated carbocycles. The Morgan fingerprint density at radius 1 is 1.18 bits per heavy atom. The number of fused-ring (bicyclic) bond motifs is 2. The zero-order valence-electron chi connectivity index (χ0n) is 23.3. The monoisotopic (exact) mass is 532 g/mol. The summed E-state index contributed by atoms with van der Waals surface area (Å²) in [5, 5.41) is 22.9. The van der Waals surface area contributed by atoms with Crippen molar-refractivity contribution in [3.05, 3.63) is 58.1 Å². The zero-order chi connectivity index (χ0) is 27.5. The first-order chi connectivity index (χ1) is 18.9. The van der Waals surface area contributed by atoms with Gasteiger partial charge in [0, 0.05) is 31.8 Å². The summed E-state index contributed by atoms with van der Waals surface area (Å²) in [6.45, 7) is 4.88. The average molecular weight is 533 g/mol. The number of benzene rings is 2. The van der Waals surface area contributed by atoms with Gasteiger partial charge in [-0.05, 0) is 72.9 Å². The molecule has 8 nitrogen and oxygen atoms in total. The Morgan fingerprint density at radius 2 is 1.97 bits per heavy atom. The quantitative estimate of drug-likeness (QED) is 0.389. The van der Waals surface area contributed by atoms with Crippen LogP contribution in [0, 0.1) is 18.8 Å². The Kier molecular flexibility index (Phi) is 8.31. The summed E-state index contributed by atoms with van der Waals surface area (Å²) in [5.41, 5.74) is 6.56. The van der Waals surface area contributed by atoms with Crippen molar-refractivity contribution in [3.8, 4) is 0 Å². The molecule has 5 rings (SSSR count). The van der Waals surface area contributed by atoms with Crippen LogP contribution in [0.5, 0.6) is 0 Å². The van der Waals surface area contributed by atoms with Gasteiger partial charge in [0.15, 0.2) is 0 Å². The molecular weight excluding hydrogens is 492 g/mol. The fourth-order valence-electron chi connectivity index (χ4n) is 6.50. The van der Waals surface area contributed by atoms with E-state index in [1.165, 1.54) is 32.1 Å². The highest BCUT2D eigenvalue weighted by Crippen LogP contribution is 2.41. The van der Waals surface area contributed by atoms with E-state index >= 15 is 0 Å². The predicted octanol–water partition coefficient (Wildman–Crippen LogP) is 4.65. The fourth-order valence-corrected chi connectivity index (χ4v) is 6.50. The SMILES string of the molecule is CCOC(=O)CC(c1ccc2c(c1)C(O)C(CC(=O)NCC1CCCCC1)C2)c1ccc2c(nnn2C)c1C. The van der Waals surface area contributed by atoms with E-state index in [0.29, 0.717) is 25.4 Å². The molecule has 0 bridgehead atoms. The highest BCUT2D eigenvalue weighted by Gasteiger charge is 2.34. The lowest BCUT2D eigenvalue weighted by Gasteiger charge is -2.22. The molecule has 3 unspecified atom stereocenters. The number of aromatic nitrogens is 3. The molecule has 2 aromatic carbocycles. The van der Waals surface area contributed by atoms with Gasteiger partial charge in [-0.3, -0.25) is 9.59 Å². The minimum absolute atomic E-state index is 0.0192. The molecule has 0 saturated heterocycles. The van der Waals surface area contributed by atoms with Crippen molar-refractivity contribution in [2.75, 3.05) is 13.2 Å². The molecule has 0 spiro atoms. The number of esters is 1. The first-order valence-corrected chi connectivity index (χ1v) is 14.4. The molecule has 2 N–H and O–H groups in total. The number of carbonyl (C=O) groups excluding carboxylic acids is 2. The van der Waals surface area contributed by atoms with Crippen LogP contribution in [0.25, 0.3) is 11.0 Å². The van der Waals surface area contributed by atoms with E-state index in [1.54, 1.807) is 11.6 Å². The molecule has 2 aliphatic carbocycles. The van der Waals surface area contributed by atoms with Crippen LogP contribution in [-0.4, -0.2) is 45.1 Å².